The molecule has 2 heterocycles. The zero-order valence-corrected chi connectivity index (χ0v) is 11.9. The van der Waals surface area contributed by atoms with Crippen molar-refractivity contribution in [2.24, 2.45) is 0 Å². The molecular formula is C16H13N5O. The lowest BCUT2D eigenvalue weighted by molar-refractivity contribution is 0.573. The van der Waals surface area contributed by atoms with E-state index in [1.165, 1.54) is 18.0 Å². The highest BCUT2D eigenvalue weighted by Gasteiger charge is 2.08. The van der Waals surface area contributed by atoms with E-state index in [1.54, 1.807) is 6.26 Å². The summed E-state index contributed by atoms with van der Waals surface area (Å²) in [7, 11) is 0. The first-order valence-electron chi connectivity index (χ1n) is 6.72. The molecule has 0 radical (unpaired) electrons. The molecule has 0 aliphatic rings. The molecule has 3 aromatic rings. The van der Waals surface area contributed by atoms with Gasteiger partial charge in [-0.1, -0.05) is 17.7 Å². The topological polar surface area (TPSA) is 87.6 Å². The number of anilines is 1. The highest BCUT2D eigenvalue weighted by atomic mass is 16.3. The van der Waals surface area contributed by atoms with Crippen LogP contribution >= 0.6 is 0 Å². The van der Waals surface area contributed by atoms with Crippen LogP contribution < -0.4 is 5.32 Å². The second-order valence-corrected chi connectivity index (χ2v) is 4.73. The van der Waals surface area contributed by atoms with E-state index in [0.717, 1.165) is 11.3 Å². The van der Waals surface area contributed by atoms with Gasteiger partial charge in [0.25, 0.3) is 0 Å². The summed E-state index contributed by atoms with van der Waals surface area (Å²) in [6.45, 7) is 2.44. The Balaban J connectivity index is 1.72. The first-order valence-corrected chi connectivity index (χ1v) is 6.72. The largest absolute Gasteiger partial charge is 0.444 e. The summed E-state index contributed by atoms with van der Waals surface area (Å²) in [6, 6.07) is 9.94. The average molecular weight is 291 g/mol. The molecule has 0 amide bonds. The molecule has 0 fully saturated rings. The zero-order chi connectivity index (χ0) is 15.4. The van der Waals surface area contributed by atoms with Gasteiger partial charge in [-0.05, 0) is 19.1 Å². The van der Waals surface area contributed by atoms with E-state index < -0.39 is 0 Å². The molecule has 0 unspecified atom stereocenters. The van der Waals surface area contributed by atoms with Gasteiger partial charge in [-0.25, -0.2) is 15.0 Å². The number of oxazole rings is 1. The molecule has 6 heteroatoms. The summed E-state index contributed by atoms with van der Waals surface area (Å²) in [5.74, 6) is 1.00. The SMILES string of the molecule is Cc1ccc(-c2nc(CNc3nccnc3C#N)co2)cc1. The monoisotopic (exact) mass is 291 g/mol. The second-order valence-electron chi connectivity index (χ2n) is 4.73. The molecule has 0 aliphatic carbocycles. The van der Waals surface area contributed by atoms with Crippen LogP contribution in [0.3, 0.4) is 0 Å². The number of hydrogen-bond acceptors (Lipinski definition) is 6. The standard InChI is InChI=1S/C16H13N5O/c1-11-2-4-12(5-3-11)16-21-13(10-22-16)9-20-15-14(8-17)18-6-7-19-15/h2-7,10H,9H2,1H3,(H,19,20). The molecule has 1 aromatic carbocycles. The smallest absolute Gasteiger partial charge is 0.226 e. The Bertz CT molecular complexity index is 817. The minimum absolute atomic E-state index is 0.254. The maximum Gasteiger partial charge on any atom is 0.226 e. The minimum atomic E-state index is 0.254. The van der Waals surface area contributed by atoms with E-state index in [-0.39, 0.29) is 5.69 Å². The van der Waals surface area contributed by atoms with E-state index in [1.807, 2.05) is 37.3 Å². The van der Waals surface area contributed by atoms with Crippen LogP contribution in [0.25, 0.3) is 11.5 Å². The van der Waals surface area contributed by atoms with Gasteiger partial charge in [-0.15, -0.1) is 0 Å². The number of aryl methyl sites for hydroxylation is 1. The lowest BCUT2D eigenvalue weighted by atomic mass is 10.1. The van der Waals surface area contributed by atoms with Gasteiger partial charge in [0.05, 0.1) is 12.2 Å². The number of nitriles is 1. The number of aromatic nitrogens is 3. The third-order valence-electron chi connectivity index (χ3n) is 3.09. The van der Waals surface area contributed by atoms with Gasteiger partial charge in [0.2, 0.25) is 5.89 Å². The van der Waals surface area contributed by atoms with Gasteiger partial charge in [-0.2, -0.15) is 5.26 Å². The molecule has 22 heavy (non-hydrogen) atoms. The van der Waals surface area contributed by atoms with E-state index >= 15 is 0 Å². The van der Waals surface area contributed by atoms with Crippen LogP contribution in [-0.2, 0) is 6.54 Å². The van der Waals surface area contributed by atoms with Gasteiger partial charge in [0.1, 0.15) is 12.3 Å². The number of benzene rings is 1. The maximum atomic E-state index is 8.96. The van der Waals surface area contributed by atoms with Crippen molar-refractivity contribution in [2.75, 3.05) is 5.32 Å². The number of nitrogens with one attached hydrogen (secondary N) is 1. The normalized spacial score (nSPS) is 10.2. The molecule has 0 saturated carbocycles. The number of hydrogen-bond donors (Lipinski definition) is 1. The van der Waals surface area contributed by atoms with Crippen molar-refractivity contribution in [3.05, 3.63) is 59.9 Å². The summed E-state index contributed by atoms with van der Waals surface area (Å²) in [4.78, 5) is 12.4. The van der Waals surface area contributed by atoms with Crippen LogP contribution in [0.2, 0.25) is 0 Å². The average Bonchev–Trinajstić information content (AvgIpc) is 3.03. The number of nitrogens with zero attached hydrogens (tertiary/aromatic N) is 4. The molecule has 6 nitrogen and oxygen atoms in total. The lowest BCUT2D eigenvalue weighted by Gasteiger charge is -2.03. The van der Waals surface area contributed by atoms with Gasteiger partial charge in [-0.3, -0.25) is 0 Å². The fourth-order valence-corrected chi connectivity index (χ4v) is 1.94. The Morgan fingerprint density at radius 2 is 1.95 bits per heavy atom. The Labute approximate surface area is 127 Å². The summed E-state index contributed by atoms with van der Waals surface area (Å²) >= 11 is 0. The predicted octanol–water partition coefficient (Wildman–Crippen LogP) is 2.92. The molecule has 2 aromatic heterocycles. The van der Waals surface area contributed by atoms with E-state index in [2.05, 4.69) is 20.3 Å². The third kappa shape index (κ3) is 2.94. The summed E-state index contributed by atoms with van der Waals surface area (Å²) in [6.07, 6.45) is 4.60. The molecule has 108 valence electrons. The molecule has 0 spiro atoms. The second kappa shape index (κ2) is 6.06. The van der Waals surface area contributed by atoms with Crippen LogP contribution in [0, 0.1) is 18.3 Å². The molecular weight excluding hydrogens is 278 g/mol. The van der Waals surface area contributed by atoms with Crippen LogP contribution in [0.5, 0.6) is 0 Å². The van der Waals surface area contributed by atoms with Gasteiger partial charge < -0.3 is 9.73 Å². The maximum absolute atomic E-state index is 8.96. The van der Waals surface area contributed by atoms with E-state index in [0.29, 0.717) is 18.3 Å². The van der Waals surface area contributed by atoms with Crippen molar-refractivity contribution in [1.82, 2.24) is 15.0 Å². The van der Waals surface area contributed by atoms with Crippen molar-refractivity contribution in [3.63, 3.8) is 0 Å². The zero-order valence-electron chi connectivity index (χ0n) is 11.9. The molecule has 0 bridgehead atoms. The third-order valence-corrected chi connectivity index (χ3v) is 3.09. The lowest BCUT2D eigenvalue weighted by Crippen LogP contribution is -2.04. The predicted molar refractivity (Wildman–Crippen MR) is 80.7 cm³/mol. The fourth-order valence-electron chi connectivity index (χ4n) is 1.94. The first-order chi connectivity index (χ1) is 10.8. The van der Waals surface area contributed by atoms with Crippen molar-refractivity contribution >= 4 is 5.82 Å². The van der Waals surface area contributed by atoms with Crippen LogP contribution in [0.4, 0.5) is 5.82 Å². The Morgan fingerprint density at radius 1 is 1.18 bits per heavy atom. The minimum Gasteiger partial charge on any atom is -0.444 e. The molecule has 3 rings (SSSR count). The van der Waals surface area contributed by atoms with Gasteiger partial charge in [0.15, 0.2) is 11.5 Å². The summed E-state index contributed by atoms with van der Waals surface area (Å²) in [5.41, 5.74) is 3.09. The van der Waals surface area contributed by atoms with Gasteiger partial charge >= 0.3 is 0 Å². The fraction of sp³-hybridized carbons (Fsp3) is 0.125. The Kier molecular flexibility index (Phi) is 3.79. The van der Waals surface area contributed by atoms with Crippen LogP contribution in [0.15, 0.2) is 47.3 Å². The Hall–Kier alpha value is -3.20. The highest BCUT2D eigenvalue weighted by molar-refractivity contribution is 5.54. The quantitative estimate of drug-likeness (QED) is 0.795. The van der Waals surface area contributed by atoms with Gasteiger partial charge in [0, 0.05) is 18.0 Å². The van der Waals surface area contributed by atoms with E-state index in [4.69, 9.17) is 9.68 Å². The molecule has 1 N–H and O–H groups in total. The highest BCUT2D eigenvalue weighted by Crippen LogP contribution is 2.19. The van der Waals surface area contributed by atoms with Crippen molar-refractivity contribution in [3.8, 4) is 17.5 Å². The summed E-state index contributed by atoms with van der Waals surface area (Å²) in [5, 5.41) is 12.0. The Morgan fingerprint density at radius 3 is 2.73 bits per heavy atom. The van der Waals surface area contributed by atoms with Crippen LogP contribution in [0.1, 0.15) is 17.0 Å². The van der Waals surface area contributed by atoms with E-state index in [9.17, 15) is 0 Å². The molecule has 0 saturated heterocycles. The molecule has 0 atom stereocenters. The van der Waals surface area contributed by atoms with Crippen LogP contribution in [-0.4, -0.2) is 15.0 Å². The number of rotatable bonds is 4. The van der Waals surface area contributed by atoms with Crippen molar-refractivity contribution in [1.29, 1.82) is 5.26 Å². The van der Waals surface area contributed by atoms with Crippen molar-refractivity contribution in [2.45, 2.75) is 13.5 Å². The van der Waals surface area contributed by atoms with Crippen molar-refractivity contribution < 1.29 is 4.42 Å². The first kappa shape index (κ1) is 13.8. The summed E-state index contributed by atoms with van der Waals surface area (Å²) < 4.78 is 5.48. The molecule has 0 aliphatic heterocycles.